The summed E-state index contributed by atoms with van der Waals surface area (Å²) in [6, 6.07) is 1.35. The van der Waals surface area contributed by atoms with E-state index in [-0.39, 0.29) is 18.2 Å². The average Bonchev–Trinajstić information content (AvgIpc) is 3.65. The van der Waals surface area contributed by atoms with Gasteiger partial charge >= 0.3 is 5.84 Å². The van der Waals surface area contributed by atoms with Gasteiger partial charge in [0.05, 0.1) is 35.8 Å². The molecule has 5 rings (SSSR count). The van der Waals surface area contributed by atoms with Crippen molar-refractivity contribution in [3.63, 3.8) is 0 Å². The molecule has 6 N–H and O–H groups in total. The fourth-order valence-corrected chi connectivity index (χ4v) is 2.50. The molecular formula is C19H22Cl3N11O4. The summed E-state index contributed by atoms with van der Waals surface area (Å²) in [6.07, 6.45) is 11.2. The Morgan fingerprint density at radius 1 is 0.838 bits per heavy atom. The van der Waals surface area contributed by atoms with Crippen LogP contribution in [0, 0.1) is 20.2 Å². The molecule has 0 aliphatic carbocycles. The van der Waals surface area contributed by atoms with E-state index < -0.39 is 9.96 Å². The van der Waals surface area contributed by atoms with Crippen molar-refractivity contribution in [1.29, 1.82) is 0 Å². The molecule has 0 spiro atoms. The van der Waals surface area contributed by atoms with Crippen LogP contribution in [0.4, 0.5) is 5.82 Å². The summed E-state index contributed by atoms with van der Waals surface area (Å²) in [4.78, 5) is 34.7. The molecule has 1 aromatic rings. The zero-order valence-corrected chi connectivity index (χ0v) is 21.3. The van der Waals surface area contributed by atoms with Gasteiger partial charge in [0.1, 0.15) is 5.84 Å². The van der Waals surface area contributed by atoms with E-state index in [2.05, 4.69) is 25.1 Å². The number of nitrogens with zero attached hydrogens (tertiary/aromatic N) is 8. The topological polar surface area (TPSA) is 232 Å². The van der Waals surface area contributed by atoms with Crippen LogP contribution in [-0.4, -0.2) is 70.1 Å². The molecule has 0 fully saturated rings. The summed E-state index contributed by atoms with van der Waals surface area (Å²) in [5.74, 6) is 0.407. The van der Waals surface area contributed by atoms with E-state index in [1.165, 1.54) is 18.3 Å². The second kappa shape index (κ2) is 16.6. The van der Waals surface area contributed by atoms with Crippen molar-refractivity contribution in [2.24, 2.45) is 31.4 Å². The van der Waals surface area contributed by atoms with Crippen LogP contribution < -0.4 is 17.2 Å². The minimum absolute atomic E-state index is 0.0278. The molecule has 0 aromatic carbocycles. The van der Waals surface area contributed by atoms with Crippen molar-refractivity contribution in [3.05, 3.63) is 77.6 Å². The fraction of sp³-hybridized carbons (Fsp3) is 0.211. The lowest BCUT2D eigenvalue weighted by Gasteiger charge is -1.90. The van der Waals surface area contributed by atoms with E-state index in [1.807, 2.05) is 0 Å². The van der Waals surface area contributed by atoms with E-state index in [4.69, 9.17) is 52.0 Å². The fourth-order valence-electron chi connectivity index (χ4n) is 2.04. The summed E-state index contributed by atoms with van der Waals surface area (Å²) in [5, 5.41) is 24.4. The SMILES string of the molecule is ClC1=CC=NC1.NC1=CC=NC1.NC1=NCC(Cl)=C1.Nc1ccnn1[N+](=O)[O-].O=[N+]([O-])C1=NCC(Cl)=C1. The van der Waals surface area contributed by atoms with Gasteiger partial charge in [-0.25, -0.2) is 0 Å². The molecule has 0 bridgehead atoms. The molecule has 0 atom stereocenters. The highest BCUT2D eigenvalue weighted by Gasteiger charge is 2.16. The molecule has 198 valence electrons. The summed E-state index contributed by atoms with van der Waals surface area (Å²) >= 11 is 16.3. The lowest BCUT2D eigenvalue weighted by atomic mass is 10.5. The Morgan fingerprint density at radius 2 is 1.46 bits per heavy atom. The highest BCUT2D eigenvalue weighted by Crippen LogP contribution is 2.09. The van der Waals surface area contributed by atoms with Crippen molar-refractivity contribution in [2.45, 2.75) is 0 Å². The van der Waals surface area contributed by atoms with Crippen molar-refractivity contribution >= 4 is 64.7 Å². The van der Waals surface area contributed by atoms with Crippen LogP contribution in [0.5, 0.6) is 0 Å². The van der Waals surface area contributed by atoms with Gasteiger partial charge in [0, 0.05) is 44.1 Å². The number of hydrogen-bond acceptors (Lipinski definition) is 12. The molecule has 0 radical (unpaired) electrons. The van der Waals surface area contributed by atoms with Gasteiger partial charge in [-0.3, -0.25) is 15.0 Å². The summed E-state index contributed by atoms with van der Waals surface area (Å²) in [6.45, 7) is 2.19. The van der Waals surface area contributed by atoms with Gasteiger partial charge in [-0.1, -0.05) is 39.8 Å². The first-order chi connectivity index (χ1) is 17.5. The lowest BCUT2D eigenvalue weighted by molar-refractivity contribution is -0.550. The third kappa shape index (κ3) is 13.6. The minimum Gasteiger partial charge on any atom is -0.400 e. The van der Waals surface area contributed by atoms with Crippen LogP contribution in [0.15, 0.2) is 77.3 Å². The third-order valence-corrected chi connectivity index (χ3v) is 4.36. The maximum atomic E-state index is 9.92. The van der Waals surface area contributed by atoms with Crippen LogP contribution in [0.1, 0.15) is 0 Å². The molecule has 15 nitrogen and oxygen atoms in total. The summed E-state index contributed by atoms with van der Waals surface area (Å²) in [5.41, 5.74) is 16.4. The van der Waals surface area contributed by atoms with Crippen LogP contribution in [0.3, 0.4) is 0 Å². The number of aliphatic imine (C=N–C) groups is 4. The third-order valence-electron chi connectivity index (χ3n) is 3.66. The number of amidine groups is 2. The van der Waals surface area contributed by atoms with E-state index in [9.17, 15) is 20.2 Å². The lowest BCUT2D eigenvalue weighted by Crippen LogP contribution is -2.12. The number of nitrogens with two attached hydrogens (primary N) is 3. The highest BCUT2D eigenvalue weighted by atomic mass is 35.5. The van der Waals surface area contributed by atoms with Crippen LogP contribution in [0.2, 0.25) is 0 Å². The predicted octanol–water partition coefficient (Wildman–Crippen LogP) is 1.89. The molecule has 5 heterocycles. The first-order valence-electron chi connectivity index (χ1n) is 9.93. The monoisotopic (exact) mass is 573 g/mol. The number of nitrogen functional groups attached to an aromatic ring is 1. The number of hydrogen-bond donors (Lipinski definition) is 3. The number of rotatable bonds is 1. The first-order valence-corrected chi connectivity index (χ1v) is 11.1. The molecule has 0 unspecified atom stereocenters. The maximum Gasteiger partial charge on any atom is 0.359 e. The van der Waals surface area contributed by atoms with Gasteiger partial charge in [-0.2, -0.15) is 0 Å². The Hall–Kier alpha value is -4.08. The number of nitro groups is 2. The largest absolute Gasteiger partial charge is 0.400 e. The van der Waals surface area contributed by atoms with Gasteiger partial charge in [0.25, 0.3) is 0 Å². The Bertz CT molecular complexity index is 1190. The molecule has 0 saturated carbocycles. The molecule has 18 heteroatoms. The van der Waals surface area contributed by atoms with Gasteiger partial charge in [0.2, 0.25) is 0 Å². The van der Waals surface area contributed by atoms with Crippen LogP contribution >= 0.6 is 34.8 Å². The maximum absolute atomic E-state index is 9.92. The molecule has 0 saturated heterocycles. The molecule has 4 aliphatic rings. The number of halogens is 3. The van der Waals surface area contributed by atoms with Gasteiger partial charge in [-0.15, -0.1) is 0 Å². The van der Waals surface area contributed by atoms with Crippen LogP contribution in [-0.2, 0) is 0 Å². The summed E-state index contributed by atoms with van der Waals surface area (Å²) in [7, 11) is 0. The second-order valence-corrected chi connectivity index (χ2v) is 8.03. The molecule has 4 aliphatic heterocycles. The summed E-state index contributed by atoms with van der Waals surface area (Å²) < 4.78 is 0. The quantitative estimate of drug-likeness (QED) is 0.330. The Labute approximate surface area is 225 Å². The van der Waals surface area contributed by atoms with Crippen LogP contribution in [0.25, 0.3) is 0 Å². The van der Waals surface area contributed by atoms with Gasteiger partial charge in [0.15, 0.2) is 18.6 Å². The van der Waals surface area contributed by atoms with E-state index in [0.29, 0.717) is 35.3 Å². The molecule has 0 amide bonds. The van der Waals surface area contributed by atoms with Crippen molar-refractivity contribution in [1.82, 2.24) is 9.89 Å². The van der Waals surface area contributed by atoms with Gasteiger partial charge in [-0.05, 0) is 23.2 Å². The number of aromatic nitrogens is 2. The van der Waals surface area contributed by atoms with E-state index in [0.717, 1.165) is 15.8 Å². The van der Waals surface area contributed by atoms with E-state index in [1.54, 1.807) is 30.7 Å². The standard InChI is InChI=1S/C4H3ClN2O2.C4H5ClN2.C4H4ClN.C4H6N2.C3H4N4O2/c5-3-1-4(6-2-3)7(8)9;5-3-1-4(6)7-2-3;2*5-4-1-2-6-3-4;4-3-1-2-5-6(3)7(8)9/h1H,2H2;1H,2H2,(H2,6,7);1-2H,3H2;1-2H,3,5H2;1-2H,4H2. The molecule has 37 heavy (non-hydrogen) atoms. The molecular weight excluding hydrogens is 553 g/mol. The average molecular weight is 575 g/mol. The minimum atomic E-state index is -0.699. The molecule has 1 aromatic heterocycles. The highest BCUT2D eigenvalue weighted by molar-refractivity contribution is 6.32. The zero-order chi connectivity index (χ0) is 27.8. The number of allylic oxidation sites excluding steroid dienone is 2. The predicted molar refractivity (Wildman–Crippen MR) is 146 cm³/mol. The Morgan fingerprint density at radius 3 is 1.65 bits per heavy atom. The Balaban J connectivity index is 0.000000234. The van der Waals surface area contributed by atoms with Crippen molar-refractivity contribution < 1.29 is 9.96 Å². The number of anilines is 1. The van der Waals surface area contributed by atoms with Gasteiger partial charge < -0.3 is 37.4 Å². The van der Waals surface area contributed by atoms with Crippen molar-refractivity contribution in [3.8, 4) is 0 Å². The second-order valence-electron chi connectivity index (χ2n) is 6.57. The Kier molecular flexibility index (Phi) is 13.9. The zero-order valence-electron chi connectivity index (χ0n) is 19.0. The smallest absolute Gasteiger partial charge is 0.359 e. The van der Waals surface area contributed by atoms with E-state index >= 15 is 0 Å². The normalized spacial score (nSPS) is 16.0. The first kappa shape index (κ1) is 31.0. The van der Waals surface area contributed by atoms with Crippen molar-refractivity contribution in [2.75, 3.05) is 31.9 Å².